The van der Waals surface area contributed by atoms with Gasteiger partial charge in [0.15, 0.2) is 0 Å². The van der Waals surface area contributed by atoms with Crippen molar-refractivity contribution in [3.8, 4) is 0 Å². The Morgan fingerprint density at radius 3 is 2.67 bits per heavy atom. The van der Waals surface area contributed by atoms with Gasteiger partial charge in [-0.25, -0.2) is 0 Å². The van der Waals surface area contributed by atoms with Crippen molar-refractivity contribution in [3.63, 3.8) is 0 Å². The van der Waals surface area contributed by atoms with Crippen molar-refractivity contribution in [3.05, 3.63) is 0 Å². The van der Waals surface area contributed by atoms with E-state index in [0.29, 0.717) is 5.92 Å². The Kier molecular flexibility index (Phi) is 7.04. The number of nitrogens with one attached hydrogen (secondary N) is 1. The lowest BCUT2D eigenvalue weighted by molar-refractivity contribution is -0.148. The van der Waals surface area contributed by atoms with Crippen molar-refractivity contribution in [1.82, 2.24) is 5.32 Å². The van der Waals surface area contributed by atoms with Gasteiger partial charge in [0.2, 0.25) is 0 Å². The third-order valence-corrected chi connectivity index (χ3v) is 4.52. The highest BCUT2D eigenvalue weighted by atomic mass is 32.2. The first-order valence-electron chi connectivity index (χ1n) is 6.61. The van der Waals surface area contributed by atoms with E-state index in [1.807, 2.05) is 18.7 Å². The summed E-state index contributed by atoms with van der Waals surface area (Å²) < 4.78 is 10.0. The number of likely N-dealkylation sites (N-methyl/N-ethyl adjacent to an activating group) is 1. The summed E-state index contributed by atoms with van der Waals surface area (Å²) in [6, 6.07) is 0. The largest absolute Gasteiger partial charge is 0.468 e. The molecule has 1 atom stereocenters. The van der Waals surface area contributed by atoms with Gasteiger partial charge in [-0.15, -0.1) is 0 Å². The molecule has 1 rings (SSSR count). The summed E-state index contributed by atoms with van der Waals surface area (Å²) in [7, 11) is 3.19. The fourth-order valence-electron chi connectivity index (χ4n) is 2.22. The SMILES string of the molecule is CCNC(CSCCCOC)(C(=O)OC)C1CC1. The predicted octanol–water partition coefficient (Wildman–Crippen LogP) is 1.69. The van der Waals surface area contributed by atoms with Crippen LogP contribution in [0, 0.1) is 5.92 Å². The van der Waals surface area contributed by atoms with Crippen LogP contribution in [0.4, 0.5) is 0 Å². The summed E-state index contributed by atoms with van der Waals surface area (Å²) >= 11 is 1.81. The van der Waals surface area contributed by atoms with Crippen molar-refractivity contribution in [2.24, 2.45) is 5.92 Å². The smallest absolute Gasteiger partial charge is 0.327 e. The molecule has 0 amide bonds. The van der Waals surface area contributed by atoms with E-state index in [-0.39, 0.29) is 5.97 Å². The third kappa shape index (κ3) is 4.14. The Morgan fingerprint density at radius 1 is 1.44 bits per heavy atom. The molecule has 0 radical (unpaired) electrons. The molecule has 106 valence electrons. The predicted molar refractivity (Wildman–Crippen MR) is 75.0 cm³/mol. The van der Waals surface area contributed by atoms with Crippen LogP contribution in [-0.4, -0.2) is 50.4 Å². The number of thioether (sulfide) groups is 1. The zero-order valence-corrected chi connectivity index (χ0v) is 12.5. The molecule has 0 saturated heterocycles. The zero-order chi connectivity index (χ0) is 13.4. The molecule has 0 aromatic rings. The number of ether oxygens (including phenoxy) is 2. The van der Waals surface area contributed by atoms with Gasteiger partial charge >= 0.3 is 5.97 Å². The van der Waals surface area contributed by atoms with Gasteiger partial charge in [0.1, 0.15) is 5.54 Å². The Morgan fingerprint density at radius 2 is 2.17 bits per heavy atom. The first-order chi connectivity index (χ1) is 8.71. The van der Waals surface area contributed by atoms with Crippen LogP contribution in [0.15, 0.2) is 0 Å². The highest BCUT2D eigenvalue weighted by Gasteiger charge is 2.51. The summed E-state index contributed by atoms with van der Waals surface area (Å²) in [4.78, 5) is 12.1. The molecule has 0 spiro atoms. The number of carbonyl (C=O) groups excluding carboxylic acids is 1. The number of hydrogen-bond acceptors (Lipinski definition) is 5. The Balaban J connectivity index is 2.50. The summed E-state index contributed by atoms with van der Waals surface area (Å²) in [6.45, 7) is 3.61. The minimum absolute atomic E-state index is 0.105. The van der Waals surface area contributed by atoms with Crippen LogP contribution in [0.5, 0.6) is 0 Å². The first-order valence-corrected chi connectivity index (χ1v) is 7.76. The quantitative estimate of drug-likeness (QED) is 0.485. The van der Waals surface area contributed by atoms with Crippen LogP contribution >= 0.6 is 11.8 Å². The monoisotopic (exact) mass is 275 g/mol. The van der Waals surface area contributed by atoms with Crippen LogP contribution in [0.3, 0.4) is 0 Å². The number of carbonyl (C=O) groups is 1. The maximum absolute atomic E-state index is 12.1. The molecule has 0 aliphatic heterocycles. The van der Waals surface area contributed by atoms with Crippen LogP contribution in [0.2, 0.25) is 0 Å². The van der Waals surface area contributed by atoms with E-state index in [2.05, 4.69) is 5.32 Å². The van der Waals surface area contributed by atoms with Crippen molar-refractivity contribution < 1.29 is 14.3 Å². The Labute approximate surface area is 114 Å². The molecule has 0 heterocycles. The molecule has 5 heteroatoms. The molecule has 1 aliphatic rings. The molecule has 4 nitrogen and oxygen atoms in total. The van der Waals surface area contributed by atoms with Gasteiger partial charge in [0.25, 0.3) is 0 Å². The lowest BCUT2D eigenvalue weighted by atomic mass is 9.95. The van der Waals surface area contributed by atoms with Gasteiger partial charge in [-0.2, -0.15) is 11.8 Å². The molecule has 0 aromatic carbocycles. The minimum atomic E-state index is -0.471. The van der Waals surface area contributed by atoms with E-state index in [1.165, 1.54) is 7.11 Å². The molecular weight excluding hydrogens is 250 g/mol. The summed E-state index contributed by atoms with van der Waals surface area (Å²) in [5, 5.41) is 3.37. The standard InChI is InChI=1S/C13H25NO3S/c1-4-14-13(11-6-7-11,12(15)17-3)10-18-9-5-8-16-2/h11,14H,4-10H2,1-3H3. The first kappa shape index (κ1) is 15.8. The average molecular weight is 275 g/mol. The van der Waals surface area contributed by atoms with Crippen molar-refractivity contribution in [1.29, 1.82) is 0 Å². The number of methoxy groups -OCH3 is 2. The van der Waals surface area contributed by atoms with Crippen molar-refractivity contribution in [2.75, 3.05) is 38.9 Å². The lowest BCUT2D eigenvalue weighted by Gasteiger charge is -2.31. The van der Waals surface area contributed by atoms with E-state index in [1.54, 1.807) is 7.11 Å². The van der Waals surface area contributed by atoms with E-state index in [0.717, 1.165) is 43.9 Å². The van der Waals surface area contributed by atoms with Crippen LogP contribution < -0.4 is 5.32 Å². The maximum atomic E-state index is 12.1. The second-order valence-electron chi connectivity index (χ2n) is 4.67. The highest BCUT2D eigenvalue weighted by molar-refractivity contribution is 7.99. The Bertz CT molecular complexity index is 259. The molecule has 1 aliphatic carbocycles. The fourth-order valence-corrected chi connectivity index (χ4v) is 3.47. The average Bonchev–Trinajstić information content (AvgIpc) is 3.21. The molecular formula is C13H25NO3S. The van der Waals surface area contributed by atoms with Gasteiger partial charge < -0.3 is 14.8 Å². The highest BCUT2D eigenvalue weighted by Crippen LogP contribution is 2.42. The van der Waals surface area contributed by atoms with E-state index in [4.69, 9.17) is 9.47 Å². The van der Waals surface area contributed by atoms with Gasteiger partial charge in [-0.05, 0) is 37.5 Å². The fraction of sp³-hybridized carbons (Fsp3) is 0.923. The molecule has 0 bridgehead atoms. The molecule has 1 N–H and O–H groups in total. The normalized spacial score (nSPS) is 18.4. The second-order valence-corrected chi connectivity index (χ2v) is 5.77. The molecule has 1 fully saturated rings. The Hall–Kier alpha value is -0.260. The minimum Gasteiger partial charge on any atom is -0.468 e. The molecule has 1 unspecified atom stereocenters. The topological polar surface area (TPSA) is 47.6 Å². The van der Waals surface area contributed by atoms with Gasteiger partial charge in [0, 0.05) is 19.5 Å². The molecule has 18 heavy (non-hydrogen) atoms. The molecule has 1 saturated carbocycles. The number of esters is 1. The summed E-state index contributed by atoms with van der Waals surface area (Å²) in [6.07, 6.45) is 3.27. The van der Waals surface area contributed by atoms with E-state index >= 15 is 0 Å². The number of hydrogen-bond donors (Lipinski definition) is 1. The maximum Gasteiger partial charge on any atom is 0.327 e. The second kappa shape index (κ2) is 8.02. The lowest BCUT2D eigenvalue weighted by Crippen LogP contribution is -2.56. The van der Waals surface area contributed by atoms with Crippen molar-refractivity contribution >= 4 is 17.7 Å². The van der Waals surface area contributed by atoms with Crippen LogP contribution in [-0.2, 0) is 14.3 Å². The number of rotatable bonds is 10. The third-order valence-electron chi connectivity index (χ3n) is 3.28. The summed E-state index contributed by atoms with van der Waals surface area (Å²) in [5.74, 6) is 2.15. The zero-order valence-electron chi connectivity index (χ0n) is 11.7. The van der Waals surface area contributed by atoms with Gasteiger partial charge in [0.05, 0.1) is 7.11 Å². The van der Waals surface area contributed by atoms with E-state index in [9.17, 15) is 4.79 Å². The van der Waals surface area contributed by atoms with Crippen molar-refractivity contribution in [2.45, 2.75) is 31.7 Å². The van der Waals surface area contributed by atoms with E-state index < -0.39 is 5.54 Å². The molecule has 0 aromatic heterocycles. The summed E-state index contributed by atoms with van der Waals surface area (Å²) in [5.41, 5.74) is -0.471. The van der Waals surface area contributed by atoms with Crippen LogP contribution in [0.25, 0.3) is 0 Å². The van der Waals surface area contributed by atoms with Crippen LogP contribution in [0.1, 0.15) is 26.2 Å². The van der Waals surface area contributed by atoms with Gasteiger partial charge in [-0.1, -0.05) is 6.92 Å². The van der Waals surface area contributed by atoms with Gasteiger partial charge in [-0.3, -0.25) is 4.79 Å².